The van der Waals surface area contributed by atoms with Crippen molar-refractivity contribution < 1.29 is 25.8 Å². The molecule has 0 atom stereocenters. The fraction of sp³-hybridized carbons (Fsp3) is 0.485. The lowest BCUT2D eigenvalue weighted by Gasteiger charge is -2.27. The van der Waals surface area contributed by atoms with Crippen molar-refractivity contribution in [1.29, 1.82) is 0 Å². The molecule has 2 heterocycles. The Labute approximate surface area is 445 Å². The number of fused-ring (bicyclic) bond motifs is 7. The van der Waals surface area contributed by atoms with Crippen LogP contribution < -0.4 is 9.05 Å². The van der Waals surface area contributed by atoms with E-state index in [0.717, 1.165) is 76.9 Å². The molecule has 6 nitrogen and oxygen atoms in total. The van der Waals surface area contributed by atoms with Gasteiger partial charge in [-0.1, -0.05) is 215 Å². The van der Waals surface area contributed by atoms with E-state index in [1.165, 1.54) is 22.3 Å². The lowest BCUT2D eigenvalue weighted by atomic mass is 9.77. The van der Waals surface area contributed by atoms with E-state index >= 15 is 0 Å². The second kappa shape index (κ2) is 18.3. The van der Waals surface area contributed by atoms with E-state index in [0.29, 0.717) is 11.5 Å². The molecule has 8 rings (SSSR count). The smallest absolute Gasteiger partial charge is 0.391 e. The molecule has 0 aliphatic rings. The Balaban J connectivity index is 1.45. The third kappa shape index (κ3) is 11.1. The Morgan fingerprint density at radius 3 is 0.865 bits per heavy atom. The highest BCUT2D eigenvalue weighted by atomic mass is 31.1. The Hall–Kier alpha value is -5.02. The van der Waals surface area contributed by atoms with Crippen LogP contribution >= 0.6 is 16.5 Å². The van der Waals surface area contributed by atoms with Gasteiger partial charge in [0.15, 0.2) is 0 Å². The lowest BCUT2D eigenvalue weighted by Crippen LogP contribution is -2.17. The molecule has 0 fully saturated rings. The first-order chi connectivity index (χ1) is 33.7. The van der Waals surface area contributed by atoms with Gasteiger partial charge in [0.25, 0.3) is 0 Å². The molecule has 0 amide bonds. The van der Waals surface area contributed by atoms with Crippen molar-refractivity contribution in [1.82, 2.24) is 0 Å². The molecule has 6 aromatic carbocycles. The number of rotatable bonds is 4. The van der Waals surface area contributed by atoms with Crippen molar-refractivity contribution in [2.45, 2.75) is 209 Å². The zero-order valence-electron chi connectivity index (χ0n) is 49.4. The fourth-order valence-electron chi connectivity index (χ4n) is 9.62. The average Bonchev–Trinajstić information content (AvgIpc) is 3.49. The van der Waals surface area contributed by atoms with Gasteiger partial charge in [0.1, 0.15) is 33.8 Å². The molecule has 0 bridgehead atoms. The molecule has 0 aliphatic carbocycles. The first kappa shape index (κ1) is 55.2. The van der Waals surface area contributed by atoms with E-state index in [9.17, 15) is 0 Å². The van der Waals surface area contributed by atoms with Gasteiger partial charge >= 0.3 is 16.5 Å². The van der Waals surface area contributed by atoms with Gasteiger partial charge in [0.05, 0.1) is 0 Å². The second-order valence-electron chi connectivity index (χ2n) is 29.2. The Morgan fingerprint density at radius 2 is 0.581 bits per heavy atom. The minimum absolute atomic E-state index is 0.122. The van der Waals surface area contributed by atoms with Crippen molar-refractivity contribution in [3.05, 3.63) is 129 Å². The second-order valence-corrected chi connectivity index (χ2v) is 31.2. The van der Waals surface area contributed by atoms with Crippen LogP contribution in [-0.4, -0.2) is 0 Å². The summed E-state index contributed by atoms with van der Waals surface area (Å²) in [6.45, 7) is 54.4. The van der Waals surface area contributed by atoms with E-state index in [4.69, 9.17) is 25.8 Å². The summed E-state index contributed by atoms with van der Waals surface area (Å²) in [7, 11) is -4.19. The highest BCUT2D eigenvalue weighted by Crippen LogP contribution is 2.50. The van der Waals surface area contributed by atoms with Gasteiger partial charge in [0.2, 0.25) is 0 Å². The van der Waals surface area contributed by atoms with E-state index in [-0.39, 0.29) is 43.3 Å². The van der Waals surface area contributed by atoms with Crippen molar-refractivity contribution >= 4 is 71.1 Å². The molecule has 0 aliphatic heterocycles. The molecule has 396 valence electrons. The zero-order valence-corrected chi connectivity index (χ0v) is 51.2. The van der Waals surface area contributed by atoms with Crippen molar-refractivity contribution in [2.75, 3.05) is 0 Å². The van der Waals surface area contributed by atoms with E-state index in [2.05, 4.69) is 233 Å². The zero-order chi connectivity index (χ0) is 54.8. The molecule has 0 saturated carbocycles. The Kier molecular flexibility index (Phi) is 13.7. The summed E-state index contributed by atoms with van der Waals surface area (Å²) in [5, 5.41) is 5.90. The van der Waals surface area contributed by atoms with Crippen LogP contribution in [0.4, 0.5) is 0 Å². The third-order valence-electron chi connectivity index (χ3n) is 14.4. The summed E-state index contributed by atoms with van der Waals surface area (Å²) < 4.78 is 43.5. The molecule has 0 unspecified atom stereocenters. The van der Waals surface area contributed by atoms with Crippen LogP contribution in [0.2, 0.25) is 0 Å². The highest BCUT2D eigenvalue weighted by Gasteiger charge is 2.32. The topological polar surface area (TPSA) is 71.0 Å². The van der Waals surface area contributed by atoms with Gasteiger partial charge in [-0.15, -0.1) is 0 Å². The van der Waals surface area contributed by atoms with Gasteiger partial charge in [-0.25, -0.2) is 0 Å². The quantitative estimate of drug-likeness (QED) is 0.175. The highest BCUT2D eigenvalue weighted by molar-refractivity contribution is 7.32. The molecule has 8 aromatic rings. The van der Waals surface area contributed by atoms with Crippen molar-refractivity contribution in [3.63, 3.8) is 0 Å². The van der Waals surface area contributed by atoms with E-state index in [1.807, 2.05) is 18.2 Å². The predicted octanol–water partition coefficient (Wildman–Crippen LogP) is 22.1. The Morgan fingerprint density at radius 1 is 0.297 bits per heavy atom. The SMILES string of the molecule is CC(C)(C)c1cc(C(C)(C)C)c2op(Oc3cc(Op4oc5c(C(C)(C)C)cc(C(C)(C)C)cc5c5cc(C(C)(C)C)cc(C(C)(C)C)c5o4)c4ccccc4c3)oc3c(C(C)(C)C)cc(C(C)(C)C)cc3c2c1. The van der Waals surface area contributed by atoms with Crippen LogP contribution in [0.5, 0.6) is 11.5 Å². The third-order valence-corrected chi connectivity index (χ3v) is 16.5. The fourth-order valence-corrected chi connectivity index (χ4v) is 11.8. The maximum absolute atomic E-state index is 7.29. The number of hydrogen-bond donors (Lipinski definition) is 0. The molecule has 0 spiro atoms. The lowest BCUT2D eigenvalue weighted by molar-refractivity contribution is 0.480. The Bertz CT molecular complexity index is 3380. The molecular formula is C66H86O6P2. The minimum Gasteiger partial charge on any atom is -0.391 e. The first-order valence-corrected chi connectivity index (χ1v) is 28.9. The summed E-state index contributed by atoms with van der Waals surface area (Å²) in [5.41, 5.74) is 10.9. The average molecular weight is 1040 g/mol. The largest absolute Gasteiger partial charge is 0.453 e. The number of hydrogen-bond acceptors (Lipinski definition) is 6. The summed E-state index contributed by atoms with van der Waals surface area (Å²) in [5.74, 6) is 1.12. The molecule has 0 radical (unpaired) electrons. The van der Waals surface area contributed by atoms with Gasteiger partial charge < -0.3 is 25.8 Å². The van der Waals surface area contributed by atoms with Crippen LogP contribution in [0.1, 0.15) is 211 Å². The summed E-state index contributed by atoms with van der Waals surface area (Å²) in [4.78, 5) is 0. The van der Waals surface area contributed by atoms with Gasteiger partial charge in [0, 0.05) is 55.3 Å². The summed E-state index contributed by atoms with van der Waals surface area (Å²) in [6, 6.07) is 30.8. The molecule has 2 aromatic heterocycles. The van der Waals surface area contributed by atoms with Crippen LogP contribution in [0, 0.1) is 0 Å². The standard InChI is InChI=1S/C66H86O6P2/c1-59(2,3)40-30-46-47-31-41(60(4,5)6)35-51(64(16,17)18)56(47)70-73(69-55(46)50(34-40)63(13,14)15)67-44-29-39-27-25-26-28-45(39)54(38-44)68-74-71-57-48(32-42(61(7,8)9)36-52(57)65(19,20)21)49-33-43(62(10,11)12)37-53(58(49)72-74)66(22,23)24/h25-38H,1-24H3. The van der Waals surface area contributed by atoms with Crippen LogP contribution in [0.15, 0.2) is 102 Å². The minimum atomic E-state index is -2.10. The summed E-state index contributed by atoms with van der Waals surface area (Å²) in [6.07, 6.45) is 0. The van der Waals surface area contributed by atoms with Gasteiger partial charge in [-0.2, -0.15) is 0 Å². The molecular weight excluding hydrogens is 951 g/mol. The van der Waals surface area contributed by atoms with Gasteiger partial charge in [-0.05, 0) is 101 Å². The molecule has 74 heavy (non-hydrogen) atoms. The maximum atomic E-state index is 7.29. The van der Waals surface area contributed by atoms with E-state index < -0.39 is 16.5 Å². The monoisotopic (exact) mass is 1040 g/mol. The number of benzene rings is 6. The van der Waals surface area contributed by atoms with Crippen molar-refractivity contribution in [3.8, 4) is 11.5 Å². The van der Waals surface area contributed by atoms with Crippen LogP contribution in [-0.2, 0) is 43.3 Å². The summed E-state index contributed by atoms with van der Waals surface area (Å²) >= 11 is 0. The molecule has 0 N–H and O–H groups in total. The maximum Gasteiger partial charge on any atom is 0.453 e. The molecule has 0 saturated heterocycles. The van der Waals surface area contributed by atoms with E-state index in [1.54, 1.807) is 0 Å². The van der Waals surface area contributed by atoms with Crippen LogP contribution in [0.3, 0.4) is 0 Å². The predicted molar refractivity (Wildman–Crippen MR) is 318 cm³/mol. The molecule has 8 heteroatoms. The normalized spacial score (nSPS) is 13.7. The van der Waals surface area contributed by atoms with Crippen molar-refractivity contribution in [2.24, 2.45) is 0 Å². The van der Waals surface area contributed by atoms with Gasteiger partial charge in [-0.3, -0.25) is 0 Å². The van der Waals surface area contributed by atoms with Crippen LogP contribution in [0.25, 0.3) is 54.6 Å². The first-order valence-electron chi connectivity index (χ1n) is 26.7.